The molecule has 0 aliphatic carbocycles. The summed E-state index contributed by atoms with van der Waals surface area (Å²) >= 11 is 0. The average Bonchev–Trinajstić information content (AvgIpc) is 3.01. The third kappa shape index (κ3) is 1.62. The van der Waals surface area contributed by atoms with Gasteiger partial charge in [-0.25, -0.2) is 0 Å². The van der Waals surface area contributed by atoms with E-state index >= 15 is 0 Å². The summed E-state index contributed by atoms with van der Waals surface area (Å²) in [4.78, 5) is 14.4. The molecule has 5 rings (SSSR count). The Morgan fingerprint density at radius 2 is 1.46 bits per heavy atom. The Hall–Kier alpha value is -3.40. The molecule has 1 heterocycles. The van der Waals surface area contributed by atoms with Crippen molar-refractivity contribution in [2.75, 3.05) is 0 Å². The molecule has 0 saturated carbocycles. The molecule has 1 aromatic heterocycles. The number of rotatable bonds is 1. The van der Waals surface area contributed by atoms with Gasteiger partial charge >= 0.3 is 0 Å². The zero-order chi connectivity index (χ0) is 16.3. The minimum atomic E-state index is -0.340. The first kappa shape index (κ1) is 13.1. The van der Waals surface area contributed by atoms with Gasteiger partial charge in [0.1, 0.15) is 0 Å². The largest absolute Gasteiger partial charge is 0.354 e. The van der Waals surface area contributed by atoms with Crippen LogP contribution < -0.4 is 0 Å². The van der Waals surface area contributed by atoms with Crippen LogP contribution in [0.1, 0.15) is 0 Å². The van der Waals surface area contributed by atoms with Gasteiger partial charge in [-0.3, -0.25) is 10.1 Å². The van der Waals surface area contributed by atoms with Gasteiger partial charge in [-0.2, -0.15) is 0 Å². The first-order chi connectivity index (χ1) is 11.7. The Kier molecular flexibility index (Phi) is 2.48. The molecule has 0 amide bonds. The summed E-state index contributed by atoms with van der Waals surface area (Å²) in [5.74, 6) is 0. The summed E-state index contributed by atoms with van der Waals surface area (Å²) in [5.41, 5.74) is 2.27. The summed E-state index contributed by atoms with van der Waals surface area (Å²) in [7, 11) is 0. The maximum absolute atomic E-state index is 11.2. The Balaban J connectivity index is 2.14. The van der Waals surface area contributed by atoms with E-state index in [1.54, 1.807) is 12.1 Å². The van der Waals surface area contributed by atoms with Gasteiger partial charge in [0.05, 0.1) is 10.4 Å². The Bertz CT molecular complexity index is 1280. The average molecular weight is 312 g/mol. The van der Waals surface area contributed by atoms with Gasteiger partial charge < -0.3 is 4.98 Å². The molecule has 114 valence electrons. The molecule has 0 unspecified atom stereocenters. The molecule has 1 N–H and O–H groups in total. The van der Waals surface area contributed by atoms with Crippen molar-refractivity contribution in [1.29, 1.82) is 0 Å². The van der Waals surface area contributed by atoms with Crippen LogP contribution in [-0.2, 0) is 0 Å². The zero-order valence-electron chi connectivity index (χ0n) is 12.6. The second-order valence-corrected chi connectivity index (χ2v) is 5.95. The smallest absolute Gasteiger partial charge is 0.270 e. The summed E-state index contributed by atoms with van der Waals surface area (Å²) < 4.78 is 0. The lowest BCUT2D eigenvalue weighted by Gasteiger charge is -2.07. The third-order valence-electron chi connectivity index (χ3n) is 4.68. The van der Waals surface area contributed by atoms with Gasteiger partial charge in [0.2, 0.25) is 0 Å². The lowest BCUT2D eigenvalue weighted by atomic mass is 9.96. The van der Waals surface area contributed by atoms with Gasteiger partial charge in [0.25, 0.3) is 5.69 Å². The highest BCUT2D eigenvalue weighted by Gasteiger charge is 2.15. The second kappa shape index (κ2) is 4.55. The molecule has 0 saturated heterocycles. The number of hydrogen-bond acceptors (Lipinski definition) is 2. The molecule has 0 aliphatic rings. The number of fused-ring (bicyclic) bond motifs is 8. The van der Waals surface area contributed by atoms with Crippen LogP contribution in [0.25, 0.3) is 43.4 Å². The standard InChI is InChI=1S/C20H12N2O2/c23-22(24)12-9-10-14-17(11-12)13-5-1-2-6-15(13)20-19(14)16-7-3-4-8-18(16)21-20/h1-11,21H. The van der Waals surface area contributed by atoms with Gasteiger partial charge in [-0.1, -0.05) is 42.5 Å². The van der Waals surface area contributed by atoms with Crippen LogP contribution in [0.2, 0.25) is 0 Å². The number of aromatic nitrogens is 1. The van der Waals surface area contributed by atoms with E-state index in [1.807, 2.05) is 36.4 Å². The maximum atomic E-state index is 11.2. The van der Waals surface area contributed by atoms with Crippen LogP contribution in [0.3, 0.4) is 0 Å². The highest BCUT2D eigenvalue weighted by atomic mass is 16.6. The second-order valence-electron chi connectivity index (χ2n) is 5.95. The Morgan fingerprint density at radius 3 is 2.25 bits per heavy atom. The van der Waals surface area contributed by atoms with Crippen molar-refractivity contribution in [3.8, 4) is 0 Å². The monoisotopic (exact) mass is 312 g/mol. The summed E-state index contributed by atoms with van der Waals surface area (Å²) in [6.45, 7) is 0. The number of para-hydroxylation sites is 1. The number of hydrogen-bond donors (Lipinski definition) is 1. The van der Waals surface area contributed by atoms with Crippen LogP contribution in [0.4, 0.5) is 5.69 Å². The number of nitro benzene ring substituents is 1. The van der Waals surface area contributed by atoms with Crippen molar-refractivity contribution < 1.29 is 4.92 Å². The molecule has 4 heteroatoms. The number of nitro groups is 1. The predicted octanol–water partition coefficient (Wildman–Crippen LogP) is 5.54. The molecule has 0 atom stereocenters. The van der Waals surface area contributed by atoms with Gasteiger partial charge in [0, 0.05) is 33.8 Å². The fourth-order valence-electron chi connectivity index (χ4n) is 3.65. The van der Waals surface area contributed by atoms with E-state index in [2.05, 4.69) is 23.2 Å². The lowest BCUT2D eigenvalue weighted by molar-refractivity contribution is -0.384. The fourth-order valence-corrected chi connectivity index (χ4v) is 3.65. The Morgan fingerprint density at radius 1 is 0.750 bits per heavy atom. The van der Waals surface area contributed by atoms with Crippen LogP contribution in [0.15, 0.2) is 66.7 Å². The van der Waals surface area contributed by atoms with Crippen molar-refractivity contribution in [1.82, 2.24) is 4.98 Å². The first-order valence-electron chi connectivity index (χ1n) is 7.73. The maximum Gasteiger partial charge on any atom is 0.270 e. The van der Waals surface area contributed by atoms with Crippen molar-refractivity contribution in [3.05, 3.63) is 76.8 Å². The molecule has 4 nitrogen and oxygen atoms in total. The highest BCUT2D eigenvalue weighted by molar-refractivity contribution is 6.31. The van der Waals surface area contributed by atoms with Gasteiger partial charge in [0.15, 0.2) is 0 Å². The van der Waals surface area contributed by atoms with Crippen LogP contribution >= 0.6 is 0 Å². The molecule has 0 bridgehead atoms. The molecule has 0 fully saturated rings. The molecule has 0 radical (unpaired) electrons. The minimum absolute atomic E-state index is 0.117. The normalized spacial score (nSPS) is 11.7. The molecular weight excluding hydrogens is 300 g/mol. The van der Waals surface area contributed by atoms with E-state index < -0.39 is 0 Å². The van der Waals surface area contributed by atoms with E-state index in [4.69, 9.17) is 0 Å². The van der Waals surface area contributed by atoms with E-state index in [0.717, 1.165) is 43.4 Å². The lowest BCUT2D eigenvalue weighted by Crippen LogP contribution is -1.88. The summed E-state index contributed by atoms with van der Waals surface area (Å²) in [5, 5.41) is 17.5. The number of nitrogens with zero attached hydrogens (tertiary/aromatic N) is 1. The number of non-ortho nitro benzene ring substituents is 1. The molecule has 5 aromatic rings. The fraction of sp³-hybridized carbons (Fsp3) is 0. The zero-order valence-corrected chi connectivity index (χ0v) is 12.6. The molecular formula is C20H12N2O2. The summed E-state index contributed by atoms with van der Waals surface area (Å²) in [6.07, 6.45) is 0. The minimum Gasteiger partial charge on any atom is -0.354 e. The number of aromatic amines is 1. The van der Waals surface area contributed by atoms with Crippen molar-refractivity contribution in [2.24, 2.45) is 0 Å². The van der Waals surface area contributed by atoms with Crippen molar-refractivity contribution in [3.63, 3.8) is 0 Å². The van der Waals surface area contributed by atoms with Gasteiger partial charge in [-0.05, 0) is 28.3 Å². The number of nitrogens with one attached hydrogen (secondary N) is 1. The molecule has 4 aromatic carbocycles. The third-order valence-corrected chi connectivity index (χ3v) is 4.68. The topological polar surface area (TPSA) is 58.9 Å². The van der Waals surface area contributed by atoms with Crippen LogP contribution in [-0.4, -0.2) is 9.91 Å². The molecule has 0 spiro atoms. The quantitative estimate of drug-likeness (QED) is 0.251. The first-order valence-corrected chi connectivity index (χ1v) is 7.73. The predicted molar refractivity (Wildman–Crippen MR) is 97.5 cm³/mol. The Labute approximate surface area is 136 Å². The van der Waals surface area contributed by atoms with Crippen LogP contribution in [0.5, 0.6) is 0 Å². The van der Waals surface area contributed by atoms with E-state index in [1.165, 1.54) is 0 Å². The van der Waals surface area contributed by atoms with Crippen LogP contribution in [0, 0.1) is 10.1 Å². The van der Waals surface area contributed by atoms with Crippen molar-refractivity contribution in [2.45, 2.75) is 0 Å². The number of benzene rings is 4. The van der Waals surface area contributed by atoms with E-state index in [-0.39, 0.29) is 10.6 Å². The van der Waals surface area contributed by atoms with E-state index in [0.29, 0.717) is 0 Å². The van der Waals surface area contributed by atoms with E-state index in [9.17, 15) is 10.1 Å². The SMILES string of the molecule is O=[N+]([O-])c1ccc2c(c1)c1ccccc1c1[nH]c3ccccc3c21. The number of H-pyrrole nitrogens is 1. The molecule has 0 aliphatic heterocycles. The molecule has 24 heavy (non-hydrogen) atoms. The van der Waals surface area contributed by atoms with Crippen molar-refractivity contribution >= 4 is 49.0 Å². The summed E-state index contributed by atoms with van der Waals surface area (Å²) in [6, 6.07) is 21.3. The highest BCUT2D eigenvalue weighted by Crippen LogP contribution is 2.39. The van der Waals surface area contributed by atoms with Gasteiger partial charge in [-0.15, -0.1) is 0 Å².